The number of pyridine rings is 1. The van der Waals surface area contributed by atoms with Crippen LogP contribution in [0.25, 0.3) is 0 Å². The van der Waals surface area contributed by atoms with Crippen LogP contribution in [0.5, 0.6) is 0 Å². The number of nitrogens with two attached hydrogens (primary N) is 1. The number of fused-ring (bicyclic) bond motifs is 1. The summed E-state index contributed by atoms with van der Waals surface area (Å²) in [5.41, 5.74) is 8.15. The molecule has 0 aliphatic carbocycles. The molecule has 3 N–H and O–H groups in total. The van der Waals surface area contributed by atoms with Crippen molar-refractivity contribution in [2.75, 3.05) is 31.1 Å². The number of rotatable bonds is 5. The Labute approximate surface area is 175 Å². The van der Waals surface area contributed by atoms with Gasteiger partial charge in [-0.25, -0.2) is 4.98 Å². The van der Waals surface area contributed by atoms with Crippen molar-refractivity contribution >= 4 is 17.5 Å². The van der Waals surface area contributed by atoms with Gasteiger partial charge >= 0.3 is 0 Å². The minimum atomic E-state index is -0.436. The highest BCUT2D eigenvalue weighted by atomic mass is 16.6. The van der Waals surface area contributed by atoms with E-state index in [9.17, 15) is 10.1 Å². The van der Waals surface area contributed by atoms with E-state index in [-0.39, 0.29) is 17.9 Å². The number of aromatic nitrogens is 1. The number of nitrogens with one attached hydrogen (secondary N) is 1. The molecule has 1 aromatic heterocycles. The zero-order valence-corrected chi connectivity index (χ0v) is 16.7. The molecule has 2 aliphatic heterocycles. The van der Waals surface area contributed by atoms with Crippen molar-refractivity contribution in [3.63, 3.8) is 0 Å². The molecule has 1 unspecified atom stereocenters. The van der Waals surface area contributed by atoms with Crippen LogP contribution >= 0.6 is 0 Å². The smallest absolute Gasteiger partial charge is 0.287 e. The summed E-state index contributed by atoms with van der Waals surface area (Å²) in [6.07, 6.45) is 3.75. The molecular weight excluding hydrogens is 384 g/mol. The first-order valence-electron chi connectivity index (χ1n) is 10.2. The van der Waals surface area contributed by atoms with E-state index in [1.165, 1.54) is 17.8 Å². The first-order valence-corrected chi connectivity index (χ1v) is 10.2. The molecular formula is C21H26N6O3. The lowest BCUT2D eigenvalue weighted by Crippen LogP contribution is -2.45. The van der Waals surface area contributed by atoms with E-state index in [0.717, 1.165) is 43.7 Å². The van der Waals surface area contributed by atoms with Gasteiger partial charge in [0.05, 0.1) is 11.5 Å². The average molecular weight is 410 g/mol. The SMILES string of the molecule is N=C(N)N1CCc2ccccc2C1OCC1CCN(c2ccc([N+](=O)[O-])cn2)CC1. The number of nitrogens with zero attached hydrogens (tertiary/aromatic N) is 4. The van der Waals surface area contributed by atoms with Crippen molar-refractivity contribution in [3.05, 3.63) is 63.8 Å². The van der Waals surface area contributed by atoms with Crippen LogP contribution in [0.15, 0.2) is 42.6 Å². The maximum atomic E-state index is 10.8. The number of nitro groups is 1. The number of anilines is 1. The average Bonchev–Trinajstić information content (AvgIpc) is 2.77. The van der Waals surface area contributed by atoms with Gasteiger partial charge < -0.3 is 20.3 Å². The number of hydrogen-bond acceptors (Lipinski definition) is 6. The molecule has 1 fully saturated rings. The highest BCUT2D eigenvalue weighted by molar-refractivity contribution is 5.75. The first kappa shape index (κ1) is 20.1. The molecule has 0 amide bonds. The molecule has 9 heteroatoms. The summed E-state index contributed by atoms with van der Waals surface area (Å²) >= 11 is 0. The molecule has 0 radical (unpaired) electrons. The molecule has 30 heavy (non-hydrogen) atoms. The molecule has 3 heterocycles. The van der Waals surface area contributed by atoms with Crippen LogP contribution in [0.2, 0.25) is 0 Å². The molecule has 2 aromatic rings. The van der Waals surface area contributed by atoms with E-state index < -0.39 is 4.92 Å². The zero-order chi connectivity index (χ0) is 21.1. The monoisotopic (exact) mass is 410 g/mol. The van der Waals surface area contributed by atoms with Crippen molar-refractivity contribution in [3.8, 4) is 0 Å². The van der Waals surface area contributed by atoms with Crippen molar-refractivity contribution in [2.24, 2.45) is 11.7 Å². The minimum absolute atomic E-state index is 0.00447. The van der Waals surface area contributed by atoms with Crippen molar-refractivity contribution < 1.29 is 9.66 Å². The van der Waals surface area contributed by atoms with Crippen LogP contribution < -0.4 is 10.6 Å². The maximum Gasteiger partial charge on any atom is 0.287 e. The summed E-state index contributed by atoms with van der Waals surface area (Å²) in [5, 5.41) is 18.7. The van der Waals surface area contributed by atoms with Gasteiger partial charge in [0.25, 0.3) is 5.69 Å². The molecule has 158 valence electrons. The second kappa shape index (κ2) is 8.66. The summed E-state index contributed by atoms with van der Waals surface area (Å²) in [6, 6.07) is 11.4. The Kier molecular flexibility index (Phi) is 5.80. The van der Waals surface area contributed by atoms with Gasteiger partial charge in [-0.3, -0.25) is 15.5 Å². The van der Waals surface area contributed by atoms with Crippen LogP contribution in [0.3, 0.4) is 0 Å². The predicted octanol–water partition coefficient (Wildman–Crippen LogP) is 2.67. The van der Waals surface area contributed by atoms with Crippen LogP contribution in [0.4, 0.5) is 11.5 Å². The highest BCUT2D eigenvalue weighted by Gasteiger charge is 2.30. The van der Waals surface area contributed by atoms with Gasteiger partial charge in [-0.1, -0.05) is 24.3 Å². The molecule has 1 aromatic carbocycles. The molecule has 4 rings (SSSR count). The summed E-state index contributed by atoms with van der Waals surface area (Å²) in [5.74, 6) is 1.21. The molecule has 0 bridgehead atoms. The van der Waals surface area contributed by atoms with Crippen LogP contribution in [0.1, 0.15) is 30.2 Å². The Morgan fingerprint density at radius 1 is 1.23 bits per heavy atom. The summed E-state index contributed by atoms with van der Waals surface area (Å²) in [4.78, 5) is 18.6. The number of hydrogen-bond donors (Lipinski definition) is 2. The van der Waals surface area contributed by atoms with E-state index in [2.05, 4.69) is 22.0 Å². The van der Waals surface area contributed by atoms with Gasteiger partial charge in [0.2, 0.25) is 0 Å². The third-order valence-corrected chi connectivity index (χ3v) is 5.91. The third kappa shape index (κ3) is 4.20. The fraction of sp³-hybridized carbons (Fsp3) is 0.429. The van der Waals surface area contributed by atoms with Crippen LogP contribution in [-0.2, 0) is 11.2 Å². The van der Waals surface area contributed by atoms with E-state index in [4.69, 9.17) is 15.9 Å². The third-order valence-electron chi connectivity index (χ3n) is 5.91. The number of piperidine rings is 1. The normalized spacial score (nSPS) is 19.4. The van der Waals surface area contributed by atoms with E-state index in [0.29, 0.717) is 19.1 Å². The van der Waals surface area contributed by atoms with Gasteiger partial charge in [-0.15, -0.1) is 0 Å². The van der Waals surface area contributed by atoms with Crippen molar-refractivity contribution in [2.45, 2.75) is 25.5 Å². The Balaban J connectivity index is 1.35. The molecule has 0 spiro atoms. The molecule has 2 aliphatic rings. The van der Waals surface area contributed by atoms with E-state index in [1.807, 2.05) is 17.0 Å². The fourth-order valence-electron chi connectivity index (χ4n) is 4.18. The van der Waals surface area contributed by atoms with E-state index in [1.54, 1.807) is 6.07 Å². The summed E-state index contributed by atoms with van der Waals surface area (Å²) in [7, 11) is 0. The van der Waals surface area contributed by atoms with Gasteiger partial charge in [0, 0.05) is 31.3 Å². The molecule has 9 nitrogen and oxygen atoms in total. The topological polar surface area (TPSA) is 122 Å². The van der Waals surface area contributed by atoms with Gasteiger partial charge in [-0.2, -0.15) is 0 Å². The Morgan fingerprint density at radius 3 is 2.67 bits per heavy atom. The molecule has 1 saturated heterocycles. The van der Waals surface area contributed by atoms with Crippen LogP contribution in [-0.4, -0.2) is 47.0 Å². The Morgan fingerprint density at radius 2 is 2.00 bits per heavy atom. The molecule has 1 atom stereocenters. The number of guanidine groups is 1. The van der Waals surface area contributed by atoms with Gasteiger partial charge in [0.15, 0.2) is 12.2 Å². The first-order chi connectivity index (χ1) is 14.5. The van der Waals surface area contributed by atoms with Crippen molar-refractivity contribution in [1.29, 1.82) is 5.41 Å². The summed E-state index contributed by atoms with van der Waals surface area (Å²) < 4.78 is 6.30. The second-order valence-corrected chi connectivity index (χ2v) is 7.78. The zero-order valence-electron chi connectivity index (χ0n) is 16.7. The number of ether oxygens (including phenoxy) is 1. The summed E-state index contributed by atoms with van der Waals surface area (Å²) in [6.45, 7) is 2.94. The number of benzene rings is 1. The minimum Gasteiger partial charge on any atom is -0.370 e. The Bertz CT molecular complexity index is 911. The highest BCUT2D eigenvalue weighted by Crippen LogP contribution is 2.32. The van der Waals surface area contributed by atoms with Gasteiger partial charge in [-0.05, 0) is 36.8 Å². The van der Waals surface area contributed by atoms with Crippen LogP contribution in [0, 0.1) is 21.4 Å². The fourth-order valence-corrected chi connectivity index (χ4v) is 4.18. The quantitative estimate of drug-likeness (QED) is 0.336. The standard InChI is InChI=1S/C21H26N6O3/c22-21(23)26-12-9-16-3-1-2-4-18(16)20(26)30-14-15-7-10-25(11-8-15)19-6-5-17(13-24-19)27(28)29/h1-6,13,15,20H,7-12,14H2,(H3,22,23). The lowest BCUT2D eigenvalue weighted by atomic mass is 9.96. The second-order valence-electron chi connectivity index (χ2n) is 7.78. The predicted molar refractivity (Wildman–Crippen MR) is 113 cm³/mol. The van der Waals surface area contributed by atoms with Crippen molar-refractivity contribution in [1.82, 2.24) is 9.88 Å². The largest absolute Gasteiger partial charge is 0.370 e. The molecule has 0 saturated carbocycles. The van der Waals surface area contributed by atoms with E-state index >= 15 is 0 Å². The lowest BCUT2D eigenvalue weighted by molar-refractivity contribution is -0.385. The maximum absolute atomic E-state index is 10.8. The van der Waals surface area contributed by atoms with Gasteiger partial charge in [0.1, 0.15) is 12.0 Å². The Hall–Kier alpha value is -3.20. The lowest BCUT2D eigenvalue weighted by Gasteiger charge is -2.39.